The van der Waals surface area contributed by atoms with Crippen molar-refractivity contribution in [3.8, 4) is 0 Å². The number of ether oxygens (including phenoxy) is 1. The molecule has 1 rings (SSSR count). The van der Waals surface area contributed by atoms with Gasteiger partial charge in [-0.25, -0.2) is 4.79 Å². The van der Waals surface area contributed by atoms with Crippen LogP contribution in [-0.4, -0.2) is 17.0 Å². The monoisotopic (exact) mass is 222 g/mol. The number of carbonyl (C=O) groups excluding carboxylic acids is 1. The first kappa shape index (κ1) is 13.9. The molecule has 0 bridgehead atoms. The Kier molecular flexibility index (Phi) is 6.28. The number of hydrogen-bond donors (Lipinski definition) is 1. The van der Waals surface area contributed by atoms with E-state index in [1.54, 1.807) is 12.1 Å². The van der Waals surface area contributed by atoms with E-state index in [9.17, 15) is 4.79 Å². The quantitative estimate of drug-likeness (QED) is 0.616. The smallest absolute Gasteiger partial charge is 0.342 e. The Bertz CT molecular complexity index is 361. The van der Waals surface area contributed by atoms with Crippen LogP contribution in [0.1, 0.15) is 22.8 Å². The molecular formula is C12H14O4. The van der Waals surface area contributed by atoms with E-state index in [1.807, 2.05) is 19.1 Å². The Morgan fingerprint density at radius 3 is 2.12 bits per heavy atom. The van der Waals surface area contributed by atoms with Crippen LogP contribution in [0.25, 0.3) is 0 Å². The maximum Gasteiger partial charge on any atom is 0.342 e. The van der Waals surface area contributed by atoms with Gasteiger partial charge in [0, 0.05) is 6.92 Å². The molecule has 0 spiro atoms. The summed E-state index contributed by atoms with van der Waals surface area (Å²) in [7, 11) is 0. The van der Waals surface area contributed by atoms with Gasteiger partial charge in [-0.05, 0) is 19.1 Å². The Labute approximate surface area is 94.2 Å². The van der Waals surface area contributed by atoms with Crippen LogP contribution in [0.15, 0.2) is 37.1 Å². The van der Waals surface area contributed by atoms with E-state index in [1.165, 1.54) is 0 Å². The van der Waals surface area contributed by atoms with Gasteiger partial charge < -0.3 is 9.84 Å². The van der Waals surface area contributed by atoms with Gasteiger partial charge in [0.05, 0.1) is 11.8 Å². The van der Waals surface area contributed by atoms with Crippen molar-refractivity contribution in [1.29, 1.82) is 0 Å². The Morgan fingerprint density at radius 1 is 1.31 bits per heavy atom. The van der Waals surface area contributed by atoms with Crippen molar-refractivity contribution in [1.82, 2.24) is 0 Å². The van der Waals surface area contributed by atoms with E-state index in [0.29, 0.717) is 5.56 Å². The number of aliphatic carboxylic acids is 1. The molecule has 0 aliphatic carbocycles. The lowest BCUT2D eigenvalue weighted by Gasteiger charge is -1.98. The highest BCUT2D eigenvalue weighted by molar-refractivity contribution is 5.89. The summed E-state index contributed by atoms with van der Waals surface area (Å²) in [6.45, 7) is 6.34. The van der Waals surface area contributed by atoms with Crippen molar-refractivity contribution in [3.05, 3.63) is 48.2 Å². The van der Waals surface area contributed by atoms with Crippen molar-refractivity contribution < 1.29 is 19.4 Å². The summed E-state index contributed by atoms with van der Waals surface area (Å²) in [5.74, 6) is -1.20. The van der Waals surface area contributed by atoms with Gasteiger partial charge in [-0.3, -0.25) is 4.79 Å². The Hall–Kier alpha value is -2.10. The maximum absolute atomic E-state index is 11.1. The second-order valence-electron chi connectivity index (χ2n) is 2.96. The third-order valence-corrected chi connectivity index (χ3v) is 1.48. The minimum absolute atomic E-state index is 0.370. The lowest BCUT2D eigenvalue weighted by Crippen LogP contribution is -1.99. The topological polar surface area (TPSA) is 63.6 Å². The fourth-order valence-electron chi connectivity index (χ4n) is 0.833. The molecule has 0 aliphatic heterocycles. The number of esters is 1. The van der Waals surface area contributed by atoms with Crippen LogP contribution in [0.4, 0.5) is 0 Å². The summed E-state index contributed by atoms with van der Waals surface area (Å²) >= 11 is 0. The predicted molar refractivity (Wildman–Crippen MR) is 60.1 cm³/mol. The first-order valence-electron chi connectivity index (χ1n) is 4.55. The average molecular weight is 222 g/mol. The van der Waals surface area contributed by atoms with E-state index in [-0.39, 0.29) is 5.97 Å². The third kappa shape index (κ3) is 6.37. The van der Waals surface area contributed by atoms with Gasteiger partial charge in [-0.15, -0.1) is 0 Å². The summed E-state index contributed by atoms with van der Waals surface area (Å²) in [6.07, 6.45) is 1.13. The number of hydrogen-bond acceptors (Lipinski definition) is 3. The van der Waals surface area contributed by atoms with E-state index in [2.05, 4.69) is 11.3 Å². The fourth-order valence-corrected chi connectivity index (χ4v) is 0.833. The minimum atomic E-state index is -0.833. The molecule has 0 unspecified atom stereocenters. The predicted octanol–water partition coefficient (Wildman–Crippen LogP) is 2.39. The molecule has 1 aromatic carbocycles. The molecule has 4 nitrogen and oxygen atoms in total. The first-order valence-corrected chi connectivity index (χ1v) is 4.55. The zero-order chi connectivity index (χ0) is 12.6. The Balaban J connectivity index is 0.000000487. The van der Waals surface area contributed by atoms with Crippen molar-refractivity contribution in [3.63, 3.8) is 0 Å². The molecule has 86 valence electrons. The normalized spacial score (nSPS) is 8.38. The maximum atomic E-state index is 11.1. The first-order chi connectivity index (χ1) is 7.47. The number of carboxylic acids is 1. The molecule has 0 amide bonds. The highest BCUT2D eigenvalue weighted by Crippen LogP contribution is 2.04. The van der Waals surface area contributed by atoms with Gasteiger partial charge in [-0.2, -0.15) is 0 Å². The molecule has 0 saturated carbocycles. The van der Waals surface area contributed by atoms with E-state index in [0.717, 1.165) is 18.7 Å². The molecule has 0 fully saturated rings. The number of benzene rings is 1. The standard InChI is InChI=1S/C10H10O2.C2H4O2/c1-3-12-10(11)9-6-4-8(2)5-7-9;1-2(3)4/h3-7H,1H2,2H3;1H3,(H,3,4). The largest absolute Gasteiger partial charge is 0.481 e. The molecular weight excluding hydrogens is 208 g/mol. The number of carbonyl (C=O) groups is 2. The molecule has 0 saturated heterocycles. The fraction of sp³-hybridized carbons (Fsp3) is 0.167. The third-order valence-electron chi connectivity index (χ3n) is 1.48. The molecule has 0 heterocycles. The molecule has 0 radical (unpaired) electrons. The molecule has 0 atom stereocenters. The van der Waals surface area contributed by atoms with Gasteiger partial charge in [0.15, 0.2) is 0 Å². The lowest BCUT2D eigenvalue weighted by atomic mass is 10.2. The number of rotatable bonds is 2. The highest BCUT2D eigenvalue weighted by Gasteiger charge is 2.03. The van der Waals surface area contributed by atoms with Crippen molar-refractivity contribution >= 4 is 11.9 Å². The van der Waals surface area contributed by atoms with Crippen LogP contribution in [0.3, 0.4) is 0 Å². The minimum Gasteiger partial charge on any atom is -0.481 e. The summed E-state index contributed by atoms with van der Waals surface area (Å²) in [6, 6.07) is 7.17. The molecule has 0 aromatic heterocycles. The molecule has 16 heavy (non-hydrogen) atoms. The van der Waals surface area contributed by atoms with Crippen LogP contribution in [-0.2, 0) is 9.53 Å². The summed E-state index contributed by atoms with van der Waals surface area (Å²) < 4.78 is 4.59. The lowest BCUT2D eigenvalue weighted by molar-refractivity contribution is -0.134. The van der Waals surface area contributed by atoms with Gasteiger partial charge in [-0.1, -0.05) is 24.3 Å². The zero-order valence-electron chi connectivity index (χ0n) is 9.27. The number of aryl methyl sites for hydroxylation is 1. The number of carboxylic acid groups (broad SMARTS) is 1. The molecule has 1 N–H and O–H groups in total. The molecule has 1 aromatic rings. The van der Waals surface area contributed by atoms with Crippen molar-refractivity contribution in [2.24, 2.45) is 0 Å². The second kappa shape index (κ2) is 7.23. The summed E-state index contributed by atoms with van der Waals surface area (Å²) in [5, 5.41) is 7.42. The second-order valence-corrected chi connectivity index (χ2v) is 2.96. The SMILES string of the molecule is C=COC(=O)c1ccc(C)cc1.CC(=O)O. The van der Waals surface area contributed by atoms with Crippen LogP contribution in [0.5, 0.6) is 0 Å². The molecule has 0 aliphatic rings. The van der Waals surface area contributed by atoms with Crippen molar-refractivity contribution in [2.45, 2.75) is 13.8 Å². The van der Waals surface area contributed by atoms with E-state index >= 15 is 0 Å². The van der Waals surface area contributed by atoms with E-state index < -0.39 is 5.97 Å². The Morgan fingerprint density at radius 2 is 1.75 bits per heavy atom. The summed E-state index contributed by atoms with van der Waals surface area (Å²) in [5.41, 5.74) is 1.66. The summed E-state index contributed by atoms with van der Waals surface area (Å²) in [4.78, 5) is 20.1. The van der Waals surface area contributed by atoms with Gasteiger partial charge in [0.1, 0.15) is 0 Å². The van der Waals surface area contributed by atoms with Gasteiger partial charge in [0.2, 0.25) is 0 Å². The van der Waals surface area contributed by atoms with Crippen LogP contribution >= 0.6 is 0 Å². The van der Waals surface area contributed by atoms with Gasteiger partial charge >= 0.3 is 5.97 Å². The zero-order valence-corrected chi connectivity index (χ0v) is 9.27. The molecule has 4 heteroatoms. The van der Waals surface area contributed by atoms with Crippen LogP contribution < -0.4 is 0 Å². The average Bonchev–Trinajstić information content (AvgIpc) is 2.18. The van der Waals surface area contributed by atoms with Crippen molar-refractivity contribution in [2.75, 3.05) is 0 Å². The van der Waals surface area contributed by atoms with E-state index in [4.69, 9.17) is 9.90 Å². The van der Waals surface area contributed by atoms with Gasteiger partial charge in [0.25, 0.3) is 5.97 Å². The highest BCUT2D eigenvalue weighted by atomic mass is 16.5. The van der Waals surface area contributed by atoms with Crippen LogP contribution in [0, 0.1) is 6.92 Å². The van der Waals surface area contributed by atoms with Crippen LogP contribution in [0.2, 0.25) is 0 Å².